The van der Waals surface area contributed by atoms with Crippen LogP contribution in [0.1, 0.15) is 25.3 Å². The Morgan fingerprint density at radius 2 is 1.67 bits per heavy atom. The van der Waals surface area contributed by atoms with Crippen LogP contribution < -0.4 is 0 Å². The highest BCUT2D eigenvalue weighted by atomic mass is 31.1. The minimum atomic E-state index is -3.13. The van der Waals surface area contributed by atoms with Gasteiger partial charge in [0.1, 0.15) is 0 Å². The molecule has 0 atom stereocenters. The molecule has 0 saturated heterocycles. The zero-order valence-corrected chi connectivity index (χ0v) is 11.5. The van der Waals surface area contributed by atoms with Gasteiger partial charge in [-0.2, -0.15) is 0 Å². The molecule has 2 rings (SSSR count). The van der Waals surface area contributed by atoms with Crippen LogP contribution in [0.2, 0.25) is 0 Å². The fourth-order valence-corrected chi connectivity index (χ4v) is 1.88. The van der Waals surface area contributed by atoms with Gasteiger partial charge in [-0.25, -0.2) is 0 Å². The van der Waals surface area contributed by atoms with Crippen molar-refractivity contribution in [1.82, 2.24) is 0 Å². The molecule has 2 aromatic carbocycles. The van der Waals surface area contributed by atoms with Crippen molar-refractivity contribution in [3.8, 4) is 0 Å². The van der Waals surface area contributed by atoms with Crippen LogP contribution in [-0.2, 0) is 11.0 Å². The number of aryl methyl sites for hydroxylation is 1. The van der Waals surface area contributed by atoms with E-state index in [0.29, 0.717) is 0 Å². The summed E-state index contributed by atoms with van der Waals surface area (Å²) in [5.74, 6) is 0. The standard InChI is InChI=1S/C14H16.H3O3P/c1-2-3-7-12-9-6-10-13-8-4-5-11-14(12)13;1-4(2)3/h4-6,8-11H,2-3,7H2,1H3;4H,(H2,1,2,3). The van der Waals surface area contributed by atoms with Gasteiger partial charge in [-0.3, -0.25) is 4.57 Å². The van der Waals surface area contributed by atoms with Gasteiger partial charge in [-0.05, 0) is 29.2 Å². The van der Waals surface area contributed by atoms with Gasteiger partial charge in [0, 0.05) is 0 Å². The molecule has 0 aliphatic carbocycles. The molecule has 98 valence electrons. The van der Waals surface area contributed by atoms with Gasteiger partial charge >= 0.3 is 8.25 Å². The minimum Gasteiger partial charge on any atom is -0.326 e. The molecular weight excluding hydrogens is 247 g/mol. The van der Waals surface area contributed by atoms with E-state index in [1.54, 1.807) is 0 Å². The Kier molecular flexibility index (Phi) is 6.66. The zero-order valence-electron chi connectivity index (χ0n) is 10.5. The lowest BCUT2D eigenvalue weighted by Gasteiger charge is -2.04. The molecule has 18 heavy (non-hydrogen) atoms. The van der Waals surface area contributed by atoms with E-state index in [9.17, 15) is 0 Å². The monoisotopic (exact) mass is 266 g/mol. The Bertz CT molecular complexity index is 502. The van der Waals surface area contributed by atoms with Crippen molar-refractivity contribution >= 4 is 19.0 Å². The van der Waals surface area contributed by atoms with Crippen LogP contribution in [0.5, 0.6) is 0 Å². The lowest BCUT2D eigenvalue weighted by Crippen LogP contribution is -1.86. The highest BCUT2D eigenvalue weighted by molar-refractivity contribution is 7.30. The molecule has 0 bridgehead atoms. The molecule has 2 aromatic rings. The number of hydrogen-bond acceptors (Lipinski definition) is 1. The maximum absolute atomic E-state index is 8.74. The molecule has 0 fully saturated rings. The highest BCUT2D eigenvalue weighted by Gasteiger charge is 1.98. The maximum atomic E-state index is 8.74. The summed E-state index contributed by atoms with van der Waals surface area (Å²) in [5.41, 5.74) is 1.49. The number of unbranched alkanes of at least 4 members (excludes halogenated alkanes) is 1. The summed E-state index contributed by atoms with van der Waals surface area (Å²) in [6, 6.07) is 15.2. The van der Waals surface area contributed by atoms with E-state index in [1.165, 1.54) is 35.6 Å². The van der Waals surface area contributed by atoms with Crippen LogP contribution in [-0.4, -0.2) is 9.79 Å². The summed E-state index contributed by atoms with van der Waals surface area (Å²) in [5, 5.41) is 2.78. The smallest absolute Gasteiger partial charge is 0.314 e. The summed E-state index contributed by atoms with van der Waals surface area (Å²) in [4.78, 5) is 14.3. The van der Waals surface area contributed by atoms with Crippen molar-refractivity contribution < 1.29 is 14.4 Å². The van der Waals surface area contributed by atoms with Crippen LogP contribution in [0.3, 0.4) is 0 Å². The number of rotatable bonds is 3. The SMILES string of the molecule is CCCCc1cccc2ccccc12.O=[PH](O)O. The van der Waals surface area contributed by atoms with Gasteiger partial charge in [-0.1, -0.05) is 55.8 Å². The van der Waals surface area contributed by atoms with E-state index < -0.39 is 8.25 Å². The molecule has 0 heterocycles. The number of benzene rings is 2. The number of hydrogen-bond donors (Lipinski definition) is 2. The largest absolute Gasteiger partial charge is 0.326 e. The Labute approximate surface area is 108 Å². The molecule has 4 heteroatoms. The molecular formula is C14H19O3P. The van der Waals surface area contributed by atoms with Gasteiger partial charge in [0.2, 0.25) is 0 Å². The predicted octanol–water partition coefficient (Wildman–Crippen LogP) is 3.54. The first-order chi connectivity index (χ1) is 8.65. The fourth-order valence-electron chi connectivity index (χ4n) is 1.88. The zero-order chi connectivity index (χ0) is 13.4. The third-order valence-corrected chi connectivity index (χ3v) is 2.68. The van der Waals surface area contributed by atoms with Crippen molar-refractivity contribution in [2.75, 3.05) is 0 Å². The molecule has 0 aliphatic heterocycles. The van der Waals surface area contributed by atoms with E-state index in [-0.39, 0.29) is 0 Å². The summed E-state index contributed by atoms with van der Waals surface area (Å²) in [6.45, 7) is 2.24. The molecule has 2 N–H and O–H groups in total. The van der Waals surface area contributed by atoms with E-state index in [0.717, 1.165) is 0 Å². The summed E-state index contributed by atoms with van der Waals surface area (Å²) >= 11 is 0. The molecule has 0 radical (unpaired) electrons. The van der Waals surface area contributed by atoms with Gasteiger partial charge in [0.05, 0.1) is 0 Å². The van der Waals surface area contributed by atoms with Gasteiger partial charge in [-0.15, -0.1) is 0 Å². The quantitative estimate of drug-likeness (QED) is 0.835. The van der Waals surface area contributed by atoms with Gasteiger partial charge in [0.25, 0.3) is 0 Å². The van der Waals surface area contributed by atoms with Crippen LogP contribution in [0, 0.1) is 0 Å². The van der Waals surface area contributed by atoms with Crippen molar-refractivity contribution in [1.29, 1.82) is 0 Å². The lowest BCUT2D eigenvalue weighted by molar-refractivity contribution is 0.405. The Morgan fingerprint density at radius 1 is 1.06 bits per heavy atom. The summed E-state index contributed by atoms with van der Waals surface area (Å²) < 4.78 is 8.74. The fraction of sp³-hybridized carbons (Fsp3) is 0.286. The van der Waals surface area contributed by atoms with Crippen LogP contribution in [0.25, 0.3) is 10.8 Å². The van der Waals surface area contributed by atoms with Crippen LogP contribution >= 0.6 is 8.25 Å². The van der Waals surface area contributed by atoms with Crippen molar-refractivity contribution in [2.45, 2.75) is 26.2 Å². The van der Waals surface area contributed by atoms with E-state index in [2.05, 4.69) is 49.4 Å². The van der Waals surface area contributed by atoms with E-state index in [4.69, 9.17) is 14.4 Å². The first kappa shape index (κ1) is 14.9. The second-order valence-electron chi connectivity index (χ2n) is 4.02. The summed E-state index contributed by atoms with van der Waals surface area (Å²) in [7, 11) is -3.13. The second kappa shape index (κ2) is 8.04. The summed E-state index contributed by atoms with van der Waals surface area (Å²) in [6.07, 6.45) is 3.76. The van der Waals surface area contributed by atoms with Crippen LogP contribution in [0.15, 0.2) is 42.5 Å². The second-order valence-corrected chi connectivity index (χ2v) is 4.59. The third-order valence-electron chi connectivity index (χ3n) is 2.68. The molecule has 0 aromatic heterocycles. The average molecular weight is 266 g/mol. The molecule has 0 saturated carbocycles. The Morgan fingerprint density at radius 3 is 2.33 bits per heavy atom. The highest BCUT2D eigenvalue weighted by Crippen LogP contribution is 2.19. The number of fused-ring (bicyclic) bond motifs is 1. The Hall–Kier alpha value is -1.15. The normalized spacial score (nSPS) is 10.2. The first-order valence-electron chi connectivity index (χ1n) is 6.03. The Balaban J connectivity index is 0.000000357. The van der Waals surface area contributed by atoms with E-state index in [1.807, 2.05) is 0 Å². The first-order valence-corrected chi connectivity index (χ1v) is 7.34. The lowest BCUT2D eigenvalue weighted by atomic mass is 10.0. The average Bonchev–Trinajstić information content (AvgIpc) is 2.35. The van der Waals surface area contributed by atoms with Crippen molar-refractivity contribution in [2.24, 2.45) is 0 Å². The molecule has 0 unspecified atom stereocenters. The van der Waals surface area contributed by atoms with Gasteiger partial charge < -0.3 is 9.79 Å². The van der Waals surface area contributed by atoms with E-state index >= 15 is 0 Å². The van der Waals surface area contributed by atoms with Crippen molar-refractivity contribution in [3.05, 3.63) is 48.0 Å². The minimum absolute atomic E-state index is 1.21. The van der Waals surface area contributed by atoms with Crippen LogP contribution in [0.4, 0.5) is 0 Å². The van der Waals surface area contributed by atoms with Gasteiger partial charge in [0.15, 0.2) is 0 Å². The molecule has 0 amide bonds. The predicted molar refractivity (Wildman–Crippen MR) is 76.0 cm³/mol. The third kappa shape index (κ3) is 5.01. The maximum Gasteiger partial charge on any atom is 0.314 e. The topological polar surface area (TPSA) is 57.5 Å². The van der Waals surface area contributed by atoms with Crippen molar-refractivity contribution in [3.63, 3.8) is 0 Å². The molecule has 3 nitrogen and oxygen atoms in total. The molecule has 0 aliphatic rings. The molecule has 0 spiro atoms.